The van der Waals surface area contributed by atoms with Crippen molar-refractivity contribution in [2.45, 2.75) is 26.4 Å². The highest BCUT2D eigenvalue weighted by Crippen LogP contribution is 2.26. The van der Waals surface area contributed by atoms with Crippen LogP contribution in [0.4, 0.5) is 8.78 Å². The Labute approximate surface area is 182 Å². The number of aromatic nitrogens is 3. The van der Waals surface area contributed by atoms with Gasteiger partial charge in [-0.15, -0.1) is 11.3 Å². The molecule has 8 heteroatoms. The number of rotatable bonds is 7. The van der Waals surface area contributed by atoms with Gasteiger partial charge < -0.3 is 5.32 Å². The fourth-order valence-corrected chi connectivity index (χ4v) is 4.02. The molecule has 0 radical (unpaired) electrons. The molecule has 1 N–H and O–H groups in total. The molecule has 1 amide bonds. The molecule has 31 heavy (non-hydrogen) atoms. The number of carbonyl (C=O) groups excluding carboxylic acids is 1. The van der Waals surface area contributed by atoms with Crippen LogP contribution < -0.4 is 5.32 Å². The summed E-state index contributed by atoms with van der Waals surface area (Å²) in [5.41, 5.74) is 3.18. The average Bonchev–Trinajstić information content (AvgIpc) is 3.39. The van der Waals surface area contributed by atoms with E-state index in [1.807, 2.05) is 16.9 Å². The van der Waals surface area contributed by atoms with Crippen molar-refractivity contribution in [1.29, 1.82) is 0 Å². The molecule has 0 aliphatic heterocycles. The van der Waals surface area contributed by atoms with E-state index in [2.05, 4.69) is 15.4 Å². The Bertz CT molecular complexity index is 1180. The van der Waals surface area contributed by atoms with Crippen molar-refractivity contribution in [2.24, 2.45) is 0 Å². The summed E-state index contributed by atoms with van der Waals surface area (Å²) in [6.45, 7) is 2.75. The van der Waals surface area contributed by atoms with E-state index in [1.165, 1.54) is 35.6 Å². The molecule has 0 fully saturated rings. The summed E-state index contributed by atoms with van der Waals surface area (Å²) < 4.78 is 27.8. The predicted molar refractivity (Wildman–Crippen MR) is 116 cm³/mol. The highest BCUT2D eigenvalue weighted by atomic mass is 32.1. The highest BCUT2D eigenvalue weighted by molar-refractivity contribution is 7.17. The van der Waals surface area contributed by atoms with Crippen LogP contribution in [-0.4, -0.2) is 20.7 Å². The third kappa shape index (κ3) is 5.21. The second-order valence-corrected chi connectivity index (χ2v) is 8.08. The number of hydrogen-bond donors (Lipinski definition) is 1. The van der Waals surface area contributed by atoms with Crippen LogP contribution in [0.25, 0.3) is 10.7 Å². The quantitative estimate of drug-likeness (QED) is 0.452. The highest BCUT2D eigenvalue weighted by Gasteiger charge is 2.17. The Morgan fingerprint density at radius 2 is 1.65 bits per heavy atom. The average molecular weight is 439 g/mol. The van der Waals surface area contributed by atoms with E-state index in [1.54, 1.807) is 31.2 Å². The molecule has 4 rings (SSSR count). The third-order valence-electron chi connectivity index (χ3n) is 4.77. The molecule has 2 heterocycles. The molecule has 158 valence electrons. The van der Waals surface area contributed by atoms with Crippen LogP contribution in [0.2, 0.25) is 0 Å². The molecule has 4 aromatic rings. The maximum absolute atomic E-state index is 13.0. The zero-order valence-electron chi connectivity index (χ0n) is 16.8. The maximum Gasteiger partial charge on any atom is 0.263 e. The van der Waals surface area contributed by atoms with Crippen LogP contribution in [0.3, 0.4) is 0 Å². The van der Waals surface area contributed by atoms with Crippen LogP contribution in [0.5, 0.6) is 0 Å². The van der Waals surface area contributed by atoms with Crippen LogP contribution in [0.1, 0.15) is 26.5 Å². The van der Waals surface area contributed by atoms with Gasteiger partial charge in [0, 0.05) is 19.3 Å². The lowest BCUT2D eigenvalue weighted by Gasteiger charge is -2.04. The lowest BCUT2D eigenvalue weighted by molar-refractivity contribution is 0.0954. The number of thiazole rings is 1. The van der Waals surface area contributed by atoms with Crippen molar-refractivity contribution in [3.63, 3.8) is 0 Å². The van der Waals surface area contributed by atoms with E-state index in [0.717, 1.165) is 17.5 Å². The van der Waals surface area contributed by atoms with Gasteiger partial charge in [-0.25, -0.2) is 13.8 Å². The number of aryl methyl sites for hydroxylation is 3. The molecule has 0 aliphatic carbocycles. The molecular weight excluding hydrogens is 418 g/mol. The van der Waals surface area contributed by atoms with Crippen LogP contribution >= 0.6 is 11.3 Å². The van der Waals surface area contributed by atoms with Crippen molar-refractivity contribution in [2.75, 3.05) is 0 Å². The van der Waals surface area contributed by atoms with Gasteiger partial charge in [-0.1, -0.05) is 24.3 Å². The topological polar surface area (TPSA) is 59.8 Å². The van der Waals surface area contributed by atoms with Crippen LogP contribution in [-0.2, 0) is 19.5 Å². The largest absolute Gasteiger partial charge is 0.347 e. The molecule has 0 unspecified atom stereocenters. The van der Waals surface area contributed by atoms with E-state index in [-0.39, 0.29) is 17.5 Å². The van der Waals surface area contributed by atoms with Crippen molar-refractivity contribution in [1.82, 2.24) is 20.1 Å². The maximum atomic E-state index is 13.0. The molecule has 5 nitrogen and oxygen atoms in total. The molecule has 2 aromatic carbocycles. The molecular formula is C23H20F2N4OS. The van der Waals surface area contributed by atoms with Gasteiger partial charge >= 0.3 is 0 Å². The summed E-state index contributed by atoms with van der Waals surface area (Å²) in [7, 11) is 0. The smallest absolute Gasteiger partial charge is 0.263 e. The fourth-order valence-electron chi connectivity index (χ4n) is 3.08. The molecule has 0 spiro atoms. The zero-order valence-corrected chi connectivity index (χ0v) is 17.6. The first-order chi connectivity index (χ1) is 15.0. The van der Waals surface area contributed by atoms with Crippen LogP contribution in [0, 0.1) is 18.6 Å². The number of nitrogens with one attached hydrogen (secondary N) is 1. The van der Waals surface area contributed by atoms with Crippen molar-refractivity contribution < 1.29 is 13.6 Å². The third-order valence-corrected chi connectivity index (χ3v) is 5.95. The van der Waals surface area contributed by atoms with E-state index in [9.17, 15) is 13.6 Å². The van der Waals surface area contributed by atoms with E-state index in [0.29, 0.717) is 34.4 Å². The standard InChI is InChI=1S/C23H20F2N4OS/c1-15-21(22(30)26-14-17-4-8-19(25)9-5-17)31-23(27-15)20-11-13-29(28-20)12-10-16-2-6-18(24)7-3-16/h2-9,11,13H,10,12,14H2,1H3,(H,26,30). The van der Waals surface area contributed by atoms with E-state index >= 15 is 0 Å². The minimum absolute atomic E-state index is 0.221. The molecule has 0 aliphatic rings. The number of hydrogen-bond acceptors (Lipinski definition) is 4. The van der Waals surface area contributed by atoms with Gasteiger partial charge in [-0.05, 0) is 54.8 Å². The van der Waals surface area contributed by atoms with Gasteiger partial charge in [-0.3, -0.25) is 9.48 Å². The molecule has 0 atom stereocenters. The lowest BCUT2D eigenvalue weighted by atomic mass is 10.1. The summed E-state index contributed by atoms with van der Waals surface area (Å²) in [5.74, 6) is -0.779. The minimum Gasteiger partial charge on any atom is -0.347 e. The van der Waals surface area contributed by atoms with Gasteiger partial charge in [0.1, 0.15) is 27.2 Å². The molecule has 0 saturated heterocycles. The fraction of sp³-hybridized carbons (Fsp3) is 0.174. The SMILES string of the molecule is Cc1nc(-c2ccn(CCc3ccc(F)cc3)n2)sc1C(=O)NCc1ccc(F)cc1. The number of nitrogens with zero attached hydrogens (tertiary/aromatic N) is 3. The zero-order chi connectivity index (χ0) is 21.8. The summed E-state index contributed by atoms with van der Waals surface area (Å²) >= 11 is 1.29. The van der Waals surface area contributed by atoms with Crippen molar-refractivity contribution in [3.8, 4) is 10.7 Å². The Balaban J connectivity index is 1.39. The number of carbonyl (C=O) groups is 1. The van der Waals surface area contributed by atoms with Crippen molar-refractivity contribution >= 4 is 17.2 Å². The van der Waals surface area contributed by atoms with Crippen molar-refractivity contribution in [3.05, 3.63) is 94.1 Å². The Kier molecular flexibility index (Phi) is 6.18. The minimum atomic E-state index is -0.310. The Morgan fingerprint density at radius 1 is 1.00 bits per heavy atom. The monoisotopic (exact) mass is 438 g/mol. The first kappa shape index (κ1) is 20.9. The first-order valence-corrected chi connectivity index (χ1v) is 10.6. The number of halogens is 2. The van der Waals surface area contributed by atoms with E-state index < -0.39 is 0 Å². The Morgan fingerprint density at radius 3 is 2.32 bits per heavy atom. The van der Waals surface area contributed by atoms with Crippen LogP contribution in [0.15, 0.2) is 60.8 Å². The molecule has 0 saturated carbocycles. The molecule has 2 aromatic heterocycles. The second kappa shape index (κ2) is 9.18. The van der Waals surface area contributed by atoms with Gasteiger partial charge in [0.2, 0.25) is 0 Å². The summed E-state index contributed by atoms with van der Waals surface area (Å²) in [6.07, 6.45) is 2.60. The number of benzene rings is 2. The molecule has 0 bridgehead atoms. The van der Waals surface area contributed by atoms with Gasteiger partial charge in [-0.2, -0.15) is 5.10 Å². The summed E-state index contributed by atoms with van der Waals surface area (Å²) in [6, 6.07) is 14.3. The normalized spacial score (nSPS) is 10.9. The second-order valence-electron chi connectivity index (χ2n) is 7.08. The van der Waals surface area contributed by atoms with Gasteiger partial charge in [0.05, 0.1) is 5.69 Å². The lowest BCUT2D eigenvalue weighted by Crippen LogP contribution is -2.22. The van der Waals surface area contributed by atoms with E-state index in [4.69, 9.17) is 0 Å². The van der Waals surface area contributed by atoms with Gasteiger partial charge in [0.25, 0.3) is 5.91 Å². The Hall–Kier alpha value is -3.39. The summed E-state index contributed by atoms with van der Waals surface area (Å²) in [4.78, 5) is 17.6. The van der Waals surface area contributed by atoms with Gasteiger partial charge in [0.15, 0.2) is 0 Å². The first-order valence-electron chi connectivity index (χ1n) is 9.76. The predicted octanol–water partition coefficient (Wildman–Crippen LogP) is 4.77. The summed E-state index contributed by atoms with van der Waals surface area (Å²) in [5, 5.41) is 8.07. The number of amides is 1.